The predicted octanol–water partition coefficient (Wildman–Crippen LogP) is 4.51. The highest BCUT2D eigenvalue weighted by atomic mass is 32.2. The van der Waals surface area contributed by atoms with E-state index in [-0.39, 0.29) is 9.79 Å². The minimum atomic E-state index is -3.86. The summed E-state index contributed by atoms with van der Waals surface area (Å²) in [6.45, 7) is 3.77. The second-order valence-corrected chi connectivity index (χ2v) is 11.0. The summed E-state index contributed by atoms with van der Waals surface area (Å²) >= 11 is 0. The van der Waals surface area contributed by atoms with Crippen molar-refractivity contribution in [3.05, 3.63) is 59.7 Å². The normalized spacial score (nSPS) is 21.0. The largest absolute Gasteiger partial charge is 0.297 e. The van der Waals surface area contributed by atoms with Crippen molar-refractivity contribution < 1.29 is 25.2 Å². The molecule has 0 amide bonds. The highest BCUT2D eigenvalue weighted by molar-refractivity contribution is 7.87. The summed E-state index contributed by atoms with van der Waals surface area (Å²) in [5.41, 5.74) is 1.93. The summed E-state index contributed by atoms with van der Waals surface area (Å²) in [4.78, 5) is 0.259. The molecule has 2 aromatic carbocycles. The zero-order valence-electron chi connectivity index (χ0n) is 17.3. The second kappa shape index (κ2) is 9.60. The zero-order valence-corrected chi connectivity index (χ0v) is 18.9. The first kappa shape index (κ1) is 22.9. The zero-order chi connectivity index (χ0) is 21.8. The van der Waals surface area contributed by atoms with Gasteiger partial charge in [0, 0.05) is 0 Å². The molecule has 164 valence electrons. The number of benzene rings is 2. The molecule has 0 aromatic heterocycles. The van der Waals surface area contributed by atoms with Crippen LogP contribution in [-0.4, -0.2) is 29.0 Å². The molecular weight excluding hydrogens is 424 g/mol. The molecule has 1 fully saturated rings. The summed E-state index contributed by atoms with van der Waals surface area (Å²) < 4.78 is 61.3. The Labute approximate surface area is 179 Å². The van der Waals surface area contributed by atoms with Crippen LogP contribution in [0.15, 0.2) is 58.3 Å². The van der Waals surface area contributed by atoms with Crippen molar-refractivity contribution in [2.24, 2.45) is 0 Å². The third kappa shape index (κ3) is 6.14. The van der Waals surface area contributed by atoms with E-state index in [0.29, 0.717) is 25.7 Å². The van der Waals surface area contributed by atoms with Crippen LogP contribution in [0.25, 0.3) is 0 Å². The number of hydrogen-bond acceptors (Lipinski definition) is 6. The topological polar surface area (TPSA) is 86.7 Å². The Hall–Kier alpha value is -1.74. The molecule has 0 spiro atoms. The lowest BCUT2D eigenvalue weighted by atomic mass is 9.97. The highest BCUT2D eigenvalue weighted by Crippen LogP contribution is 2.27. The lowest BCUT2D eigenvalue weighted by Crippen LogP contribution is -2.26. The van der Waals surface area contributed by atoms with Crippen molar-refractivity contribution in [3.8, 4) is 0 Å². The van der Waals surface area contributed by atoms with Gasteiger partial charge in [0.2, 0.25) is 0 Å². The Bertz CT molecular complexity index is 954. The van der Waals surface area contributed by atoms with Gasteiger partial charge in [-0.05, 0) is 63.8 Å². The molecule has 1 aliphatic rings. The average Bonchev–Trinajstić information content (AvgIpc) is 2.67. The van der Waals surface area contributed by atoms with Crippen LogP contribution in [0.5, 0.6) is 0 Å². The SMILES string of the molecule is Cc1ccc(S(=O)(=O)OC2CCCCC(OS(=O)(=O)c3ccc(C)cc3)CC2)cc1. The summed E-state index contributed by atoms with van der Waals surface area (Å²) in [5.74, 6) is 0. The summed E-state index contributed by atoms with van der Waals surface area (Å²) in [5, 5.41) is 0. The first-order valence-electron chi connectivity index (χ1n) is 10.2. The fraction of sp³-hybridized carbons (Fsp3) is 0.455. The van der Waals surface area contributed by atoms with Gasteiger partial charge in [-0.1, -0.05) is 48.2 Å². The molecule has 0 saturated heterocycles. The van der Waals surface area contributed by atoms with E-state index in [1.165, 1.54) is 24.3 Å². The average molecular weight is 453 g/mol. The van der Waals surface area contributed by atoms with E-state index in [2.05, 4.69) is 0 Å². The monoisotopic (exact) mass is 452 g/mol. The van der Waals surface area contributed by atoms with Crippen molar-refractivity contribution in [3.63, 3.8) is 0 Å². The summed E-state index contributed by atoms with van der Waals surface area (Å²) in [7, 11) is -7.73. The van der Waals surface area contributed by atoms with Crippen LogP contribution in [-0.2, 0) is 28.6 Å². The molecule has 1 aliphatic carbocycles. The molecule has 0 radical (unpaired) electrons. The van der Waals surface area contributed by atoms with Crippen molar-refractivity contribution in [2.75, 3.05) is 0 Å². The van der Waals surface area contributed by atoms with Crippen molar-refractivity contribution in [1.29, 1.82) is 0 Å². The number of aryl methyl sites for hydroxylation is 2. The minimum absolute atomic E-state index is 0.130. The fourth-order valence-electron chi connectivity index (χ4n) is 3.48. The standard InChI is InChI=1S/C22H28O6S2/c1-17-7-13-21(14-8-17)29(23,24)27-19-5-3-4-6-20(12-11-19)28-30(25,26)22-15-9-18(2)10-16-22/h7-10,13-16,19-20H,3-6,11-12H2,1-2H3. The molecule has 2 atom stereocenters. The van der Waals surface area contributed by atoms with Gasteiger partial charge in [-0.3, -0.25) is 8.37 Å². The molecule has 2 aromatic rings. The van der Waals surface area contributed by atoms with E-state index in [4.69, 9.17) is 8.37 Å². The number of rotatable bonds is 6. The van der Waals surface area contributed by atoms with Crippen LogP contribution in [0, 0.1) is 13.8 Å². The smallest absolute Gasteiger partial charge is 0.263 e. The molecule has 0 N–H and O–H groups in total. The Morgan fingerprint density at radius 1 is 0.600 bits per heavy atom. The maximum atomic E-state index is 12.6. The molecule has 3 rings (SSSR count). The van der Waals surface area contributed by atoms with E-state index in [1.807, 2.05) is 13.8 Å². The molecule has 2 unspecified atom stereocenters. The Morgan fingerprint density at radius 2 is 0.933 bits per heavy atom. The minimum Gasteiger partial charge on any atom is -0.263 e. The number of hydrogen-bond donors (Lipinski definition) is 0. The maximum absolute atomic E-state index is 12.6. The van der Waals surface area contributed by atoms with Gasteiger partial charge in [0.25, 0.3) is 20.2 Å². The van der Waals surface area contributed by atoms with Gasteiger partial charge in [0.15, 0.2) is 0 Å². The maximum Gasteiger partial charge on any atom is 0.297 e. The van der Waals surface area contributed by atoms with Crippen LogP contribution < -0.4 is 0 Å². The Kier molecular flexibility index (Phi) is 7.34. The predicted molar refractivity (Wildman–Crippen MR) is 114 cm³/mol. The van der Waals surface area contributed by atoms with E-state index >= 15 is 0 Å². The van der Waals surface area contributed by atoms with Gasteiger partial charge in [0.05, 0.1) is 22.0 Å². The van der Waals surface area contributed by atoms with Crippen molar-refractivity contribution in [2.45, 2.75) is 74.4 Å². The second-order valence-electron chi connectivity index (χ2n) is 7.83. The van der Waals surface area contributed by atoms with Gasteiger partial charge < -0.3 is 0 Å². The fourth-order valence-corrected chi connectivity index (χ4v) is 5.74. The molecular formula is C22H28O6S2. The van der Waals surface area contributed by atoms with Crippen molar-refractivity contribution >= 4 is 20.2 Å². The molecule has 0 aliphatic heterocycles. The molecule has 0 bridgehead atoms. The highest BCUT2D eigenvalue weighted by Gasteiger charge is 2.27. The lowest BCUT2D eigenvalue weighted by Gasteiger charge is -2.24. The van der Waals surface area contributed by atoms with Gasteiger partial charge in [0.1, 0.15) is 0 Å². The van der Waals surface area contributed by atoms with Crippen LogP contribution >= 0.6 is 0 Å². The van der Waals surface area contributed by atoms with Crippen molar-refractivity contribution in [1.82, 2.24) is 0 Å². The molecule has 8 heteroatoms. The van der Waals surface area contributed by atoms with E-state index in [1.54, 1.807) is 24.3 Å². The van der Waals surface area contributed by atoms with E-state index < -0.39 is 32.4 Å². The molecule has 6 nitrogen and oxygen atoms in total. The lowest BCUT2D eigenvalue weighted by molar-refractivity contribution is 0.119. The summed E-state index contributed by atoms with van der Waals surface area (Å²) in [6.07, 6.45) is 2.56. The van der Waals surface area contributed by atoms with Crippen LogP contribution in [0.4, 0.5) is 0 Å². The Balaban J connectivity index is 1.64. The quantitative estimate of drug-likeness (QED) is 0.600. The van der Waals surface area contributed by atoms with Crippen LogP contribution in [0.3, 0.4) is 0 Å². The molecule has 30 heavy (non-hydrogen) atoms. The third-order valence-electron chi connectivity index (χ3n) is 5.26. The molecule has 1 saturated carbocycles. The van der Waals surface area contributed by atoms with Gasteiger partial charge in [-0.2, -0.15) is 16.8 Å². The van der Waals surface area contributed by atoms with Crippen LogP contribution in [0.1, 0.15) is 49.7 Å². The molecule has 0 heterocycles. The van der Waals surface area contributed by atoms with Crippen LogP contribution in [0.2, 0.25) is 0 Å². The van der Waals surface area contributed by atoms with E-state index in [9.17, 15) is 16.8 Å². The first-order chi connectivity index (χ1) is 14.2. The van der Waals surface area contributed by atoms with Gasteiger partial charge >= 0.3 is 0 Å². The van der Waals surface area contributed by atoms with Gasteiger partial charge in [-0.15, -0.1) is 0 Å². The third-order valence-corrected chi connectivity index (χ3v) is 8.01. The van der Waals surface area contributed by atoms with Gasteiger partial charge in [-0.25, -0.2) is 0 Å². The summed E-state index contributed by atoms with van der Waals surface area (Å²) in [6, 6.07) is 13.1. The first-order valence-corrected chi connectivity index (χ1v) is 13.0. The van der Waals surface area contributed by atoms with E-state index in [0.717, 1.165) is 24.0 Å². The Morgan fingerprint density at radius 3 is 1.27 bits per heavy atom.